The molecular formula is C13H17ClFNO2. The predicted octanol–water partition coefficient (Wildman–Crippen LogP) is 3.16. The molecule has 0 saturated heterocycles. The summed E-state index contributed by atoms with van der Waals surface area (Å²) in [4.78, 5) is 12.6. The summed E-state index contributed by atoms with van der Waals surface area (Å²) in [5, 5.41) is 9.34. The SMILES string of the molecule is CC(C)(C)N(CC(=O)O)Cc1cc(F)ccc1Cl. The quantitative estimate of drug-likeness (QED) is 0.916. The van der Waals surface area contributed by atoms with Gasteiger partial charge in [-0.1, -0.05) is 11.6 Å². The van der Waals surface area contributed by atoms with Crippen molar-refractivity contribution in [1.29, 1.82) is 0 Å². The van der Waals surface area contributed by atoms with E-state index in [0.29, 0.717) is 17.1 Å². The lowest BCUT2D eigenvalue weighted by Gasteiger charge is -2.34. The molecule has 0 spiro atoms. The highest BCUT2D eigenvalue weighted by Gasteiger charge is 2.24. The molecule has 0 fully saturated rings. The van der Waals surface area contributed by atoms with E-state index in [-0.39, 0.29) is 17.9 Å². The fraction of sp³-hybridized carbons (Fsp3) is 0.462. The summed E-state index contributed by atoms with van der Waals surface area (Å²) in [6, 6.07) is 4.10. The maximum atomic E-state index is 13.2. The van der Waals surface area contributed by atoms with Crippen molar-refractivity contribution >= 4 is 17.6 Å². The minimum atomic E-state index is -0.919. The van der Waals surface area contributed by atoms with Crippen molar-refractivity contribution in [2.75, 3.05) is 6.54 Å². The highest BCUT2D eigenvalue weighted by atomic mass is 35.5. The van der Waals surface area contributed by atoms with Crippen LogP contribution in [-0.4, -0.2) is 28.1 Å². The minimum Gasteiger partial charge on any atom is -0.480 e. The highest BCUT2D eigenvalue weighted by molar-refractivity contribution is 6.31. The number of hydrogen-bond donors (Lipinski definition) is 1. The standard InChI is InChI=1S/C13H17ClFNO2/c1-13(2,3)16(8-12(17)18)7-9-6-10(15)4-5-11(9)14/h4-6H,7-8H2,1-3H3,(H,17,18). The molecule has 0 aromatic heterocycles. The summed E-state index contributed by atoms with van der Waals surface area (Å²) in [5.74, 6) is -1.30. The highest BCUT2D eigenvalue weighted by Crippen LogP contribution is 2.23. The number of benzene rings is 1. The Morgan fingerprint density at radius 1 is 1.44 bits per heavy atom. The van der Waals surface area contributed by atoms with Gasteiger partial charge >= 0.3 is 5.97 Å². The van der Waals surface area contributed by atoms with Gasteiger partial charge in [0.25, 0.3) is 0 Å². The lowest BCUT2D eigenvalue weighted by molar-refractivity contribution is -0.139. The fourth-order valence-electron chi connectivity index (χ4n) is 1.56. The van der Waals surface area contributed by atoms with Crippen molar-refractivity contribution in [2.24, 2.45) is 0 Å². The van der Waals surface area contributed by atoms with Crippen LogP contribution in [0.15, 0.2) is 18.2 Å². The molecule has 1 rings (SSSR count). The fourth-order valence-corrected chi connectivity index (χ4v) is 1.74. The zero-order chi connectivity index (χ0) is 13.9. The predicted molar refractivity (Wildman–Crippen MR) is 69.2 cm³/mol. The molecule has 1 aromatic carbocycles. The molecule has 0 aliphatic carbocycles. The zero-order valence-electron chi connectivity index (χ0n) is 10.7. The Hall–Kier alpha value is -1.13. The van der Waals surface area contributed by atoms with Crippen molar-refractivity contribution in [3.8, 4) is 0 Å². The van der Waals surface area contributed by atoms with E-state index in [0.717, 1.165) is 0 Å². The molecule has 1 aromatic rings. The lowest BCUT2D eigenvalue weighted by atomic mass is 10.0. The lowest BCUT2D eigenvalue weighted by Crippen LogP contribution is -2.43. The Balaban J connectivity index is 2.96. The van der Waals surface area contributed by atoms with Crippen molar-refractivity contribution < 1.29 is 14.3 Å². The van der Waals surface area contributed by atoms with Gasteiger partial charge in [-0.25, -0.2) is 4.39 Å². The smallest absolute Gasteiger partial charge is 0.317 e. The van der Waals surface area contributed by atoms with E-state index in [4.69, 9.17) is 16.7 Å². The monoisotopic (exact) mass is 273 g/mol. The largest absolute Gasteiger partial charge is 0.480 e. The molecule has 5 heteroatoms. The van der Waals surface area contributed by atoms with Crippen LogP contribution < -0.4 is 0 Å². The van der Waals surface area contributed by atoms with E-state index >= 15 is 0 Å². The first kappa shape index (κ1) is 14.9. The zero-order valence-corrected chi connectivity index (χ0v) is 11.5. The summed E-state index contributed by atoms with van der Waals surface area (Å²) >= 11 is 5.99. The van der Waals surface area contributed by atoms with Crippen LogP contribution in [0.1, 0.15) is 26.3 Å². The van der Waals surface area contributed by atoms with Crippen molar-refractivity contribution in [2.45, 2.75) is 32.9 Å². The topological polar surface area (TPSA) is 40.5 Å². The Bertz CT molecular complexity index is 443. The first-order valence-corrected chi connectivity index (χ1v) is 5.98. The summed E-state index contributed by atoms with van der Waals surface area (Å²) in [6.07, 6.45) is 0. The van der Waals surface area contributed by atoms with Gasteiger partial charge in [-0.3, -0.25) is 9.69 Å². The number of aliphatic carboxylic acids is 1. The van der Waals surface area contributed by atoms with Gasteiger partial charge in [0, 0.05) is 17.1 Å². The molecule has 100 valence electrons. The maximum absolute atomic E-state index is 13.2. The number of rotatable bonds is 4. The van der Waals surface area contributed by atoms with Gasteiger partial charge in [-0.2, -0.15) is 0 Å². The van der Waals surface area contributed by atoms with Crippen LogP contribution >= 0.6 is 11.6 Å². The first-order chi connectivity index (χ1) is 8.20. The van der Waals surface area contributed by atoms with Crippen LogP contribution in [0, 0.1) is 5.82 Å². The van der Waals surface area contributed by atoms with E-state index < -0.39 is 5.97 Å². The van der Waals surface area contributed by atoms with E-state index in [1.165, 1.54) is 18.2 Å². The molecule has 0 atom stereocenters. The van der Waals surface area contributed by atoms with E-state index in [2.05, 4.69) is 0 Å². The molecular weight excluding hydrogens is 257 g/mol. The van der Waals surface area contributed by atoms with Crippen LogP contribution in [-0.2, 0) is 11.3 Å². The molecule has 0 saturated carbocycles. The summed E-state index contributed by atoms with van der Waals surface area (Å²) in [5.41, 5.74) is 0.251. The molecule has 1 N–H and O–H groups in total. The van der Waals surface area contributed by atoms with Crippen LogP contribution in [0.25, 0.3) is 0 Å². The molecule has 0 aliphatic heterocycles. The number of hydrogen-bond acceptors (Lipinski definition) is 2. The number of carboxylic acid groups (broad SMARTS) is 1. The second-order valence-corrected chi connectivity index (χ2v) is 5.56. The molecule has 0 heterocycles. The second kappa shape index (κ2) is 5.67. The van der Waals surface area contributed by atoms with Crippen LogP contribution in [0.2, 0.25) is 5.02 Å². The van der Waals surface area contributed by atoms with Crippen molar-refractivity contribution in [1.82, 2.24) is 4.90 Å². The maximum Gasteiger partial charge on any atom is 0.317 e. The van der Waals surface area contributed by atoms with Gasteiger partial charge in [0.1, 0.15) is 5.82 Å². The third-order valence-electron chi connectivity index (χ3n) is 2.64. The first-order valence-electron chi connectivity index (χ1n) is 5.61. The van der Waals surface area contributed by atoms with Crippen LogP contribution in [0.5, 0.6) is 0 Å². The number of carboxylic acids is 1. The van der Waals surface area contributed by atoms with E-state index in [1.807, 2.05) is 20.8 Å². The third-order valence-corrected chi connectivity index (χ3v) is 3.01. The van der Waals surface area contributed by atoms with Gasteiger partial charge in [-0.15, -0.1) is 0 Å². The normalized spacial score (nSPS) is 11.9. The Morgan fingerprint density at radius 2 is 2.06 bits per heavy atom. The summed E-state index contributed by atoms with van der Waals surface area (Å²) < 4.78 is 13.2. The molecule has 3 nitrogen and oxygen atoms in total. The van der Waals surface area contributed by atoms with E-state index in [9.17, 15) is 9.18 Å². The average Bonchev–Trinajstić information content (AvgIpc) is 2.20. The molecule has 18 heavy (non-hydrogen) atoms. The van der Waals surface area contributed by atoms with Gasteiger partial charge in [-0.05, 0) is 44.5 Å². The summed E-state index contributed by atoms with van der Waals surface area (Å²) in [6.45, 7) is 5.90. The molecule has 0 unspecified atom stereocenters. The number of halogens is 2. The Kier molecular flexibility index (Phi) is 4.71. The van der Waals surface area contributed by atoms with E-state index in [1.54, 1.807) is 4.90 Å². The number of carbonyl (C=O) groups is 1. The average molecular weight is 274 g/mol. The second-order valence-electron chi connectivity index (χ2n) is 5.16. The van der Waals surface area contributed by atoms with Crippen molar-refractivity contribution in [3.63, 3.8) is 0 Å². The van der Waals surface area contributed by atoms with Gasteiger partial charge in [0.15, 0.2) is 0 Å². The summed E-state index contributed by atoms with van der Waals surface area (Å²) in [7, 11) is 0. The third kappa shape index (κ3) is 4.27. The molecule has 0 radical (unpaired) electrons. The van der Waals surface area contributed by atoms with Gasteiger partial charge < -0.3 is 5.11 Å². The Morgan fingerprint density at radius 3 is 2.56 bits per heavy atom. The Labute approximate surface area is 111 Å². The van der Waals surface area contributed by atoms with Crippen LogP contribution in [0.3, 0.4) is 0 Å². The van der Waals surface area contributed by atoms with Gasteiger partial charge in [0.05, 0.1) is 6.54 Å². The molecule has 0 amide bonds. The molecule has 0 bridgehead atoms. The van der Waals surface area contributed by atoms with Gasteiger partial charge in [0.2, 0.25) is 0 Å². The van der Waals surface area contributed by atoms with Crippen molar-refractivity contribution in [3.05, 3.63) is 34.6 Å². The minimum absolute atomic E-state index is 0.115. The molecule has 0 aliphatic rings. The van der Waals surface area contributed by atoms with Crippen LogP contribution in [0.4, 0.5) is 4.39 Å². The number of nitrogens with zero attached hydrogens (tertiary/aromatic N) is 1.